The summed E-state index contributed by atoms with van der Waals surface area (Å²) in [5, 5.41) is 2.34. The fourth-order valence-electron chi connectivity index (χ4n) is 2.03. The second-order valence-electron chi connectivity index (χ2n) is 5.97. The second-order valence-corrected chi connectivity index (χ2v) is 7.24. The smallest absolute Gasteiger partial charge is 0.276 e. The van der Waals surface area contributed by atoms with Crippen LogP contribution in [0.25, 0.3) is 6.08 Å². The Bertz CT molecular complexity index is 866. The van der Waals surface area contributed by atoms with Gasteiger partial charge in [-0.15, -0.1) is 0 Å². The number of hydrazine groups is 1. The van der Waals surface area contributed by atoms with Gasteiger partial charge in [-0.1, -0.05) is 19.9 Å². The Morgan fingerprint density at radius 1 is 1.29 bits per heavy atom. The normalized spacial score (nSPS) is 10.7. The van der Waals surface area contributed by atoms with Gasteiger partial charge < -0.3 is 9.15 Å². The first-order valence-electron chi connectivity index (χ1n) is 8.38. The molecule has 1 aromatic heterocycles. The molecule has 0 aliphatic heterocycles. The van der Waals surface area contributed by atoms with Crippen LogP contribution >= 0.6 is 28.1 Å². The zero-order valence-electron chi connectivity index (χ0n) is 15.3. The summed E-state index contributed by atoms with van der Waals surface area (Å²) < 4.78 is 11.3. The van der Waals surface area contributed by atoms with Gasteiger partial charge in [0, 0.05) is 6.08 Å². The zero-order chi connectivity index (χ0) is 20.5. The molecule has 2 amide bonds. The maximum atomic E-state index is 11.9. The summed E-state index contributed by atoms with van der Waals surface area (Å²) in [4.78, 5) is 23.6. The molecule has 2 aromatic rings. The molecule has 148 valence electrons. The largest absolute Gasteiger partial charge is 0.483 e. The van der Waals surface area contributed by atoms with Crippen LogP contribution in [0.1, 0.15) is 31.1 Å². The first-order valence-corrected chi connectivity index (χ1v) is 9.59. The summed E-state index contributed by atoms with van der Waals surface area (Å²) in [5.74, 6) is 0.560. The minimum Gasteiger partial charge on any atom is -0.483 e. The number of thiocarbonyl (C=S) groups is 1. The fourth-order valence-corrected chi connectivity index (χ4v) is 2.69. The number of hydrogen-bond donors (Lipinski definition) is 3. The molecule has 0 saturated carbocycles. The third kappa shape index (κ3) is 7.16. The van der Waals surface area contributed by atoms with Crippen LogP contribution in [-0.2, 0) is 9.59 Å². The van der Waals surface area contributed by atoms with E-state index in [-0.39, 0.29) is 11.7 Å². The van der Waals surface area contributed by atoms with Crippen LogP contribution < -0.4 is 20.9 Å². The third-order valence-corrected chi connectivity index (χ3v) is 4.30. The monoisotopic (exact) mass is 465 g/mol. The average molecular weight is 466 g/mol. The number of carbonyl (C=O) groups is 2. The van der Waals surface area contributed by atoms with E-state index in [4.69, 9.17) is 21.4 Å². The fraction of sp³-hybridized carbons (Fsp3) is 0.211. The van der Waals surface area contributed by atoms with E-state index in [2.05, 4.69) is 45.9 Å². The topological polar surface area (TPSA) is 92.6 Å². The highest BCUT2D eigenvalue weighted by molar-refractivity contribution is 9.10. The van der Waals surface area contributed by atoms with Crippen molar-refractivity contribution in [2.24, 2.45) is 0 Å². The van der Waals surface area contributed by atoms with Crippen LogP contribution in [0.15, 0.2) is 51.6 Å². The molecule has 0 aliphatic rings. The van der Waals surface area contributed by atoms with Crippen molar-refractivity contribution in [2.75, 3.05) is 6.61 Å². The lowest BCUT2D eigenvalue weighted by atomic mass is 10.0. The van der Waals surface area contributed by atoms with Gasteiger partial charge >= 0.3 is 0 Å². The van der Waals surface area contributed by atoms with Crippen LogP contribution in [0.2, 0.25) is 0 Å². The third-order valence-electron chi connectivity index (χ3n) is 3.48. The van der Waals surface area contributed by atoms with E-state index in [1.54, 1.807) is 18.2 Å². The molecule has 0 spiro atoms. The highest BCUT2D eigenvalue weighted by atomic mass is 79.9. The van der Waals surface area contributed by atoms with Crippen molar-refractivity contribution >= 4 is 51.2 Å². The Hall–Kier alpha value is -2.65. The molecule has 0 bridgehead atoms. The number of benzene rings is 1. The molecular formula is C19H20BrN3O4S. The summed E-state index contributed by atoms with van der Waals surface area (Å²) >= 11 is 8.37. The summed E-state index contributed by atoms with van der Waals surface area (Å²) in [6.45, 7) is 3.97. The summed E-state index contributed by atoms with van der Waals surface area (Å²) in [6, 6.07) is 9.11. The number of nitrogens with one attached hydrogen (secondary N) is 3. The molecule has 2 rings (SSSR count). The first-order chi connectivity index (χ1) is 13.3. The van der Waals surface area contributed by atoms with Crippen molar-refractivity contribution in [3.05, 3.63) is 58.5 Å². The molecule has 0 atom stereocenters. The lowest BCUT2D eigenvalue weighted by molar-refractivity contribution is -0.123. The van der Waals surface area contributed by atoms with Gasteiger partial charge in [-0.25, -0.2) is 0 Å². The molecule has 9 heteroatoms. The van der Waals surface area contributed by atoms with Crippen molar-refractivity contribution in [2.45, 2.75) is 19.8 Å². The van der Waals surface area contributed by atoms with Crippen LogP contribution in [-0.4, -0.2) is 23.5 Å². The van der Waals surface area contributed by atoms with Crippen LogP contribution in [0.3, 0.4) is 0 Å². The van der Waals surface area contributed by atoms with Gasteiger partial charge in [-0.3, -0.25) is 25.8 Å². The second kappa shape index (κ2) is 10.6. The maximum absolute atomic E-state index is 11.9. The minimum atomic E-state index is -0.464. The number of hydrogen-bond acceptors (Lipinski definition) is 5. The van der Waals surface area contributed by atoms with Gasteiger partial charge in [-0.2, -0.15) is 0 Å². The van der Waals surface area contributed by atoms with E-state index in [1.807, 2.05) is 12.1 Å². The van der Waals surface area contributed by atoms with Crippen molar-refractivity contribution in [1.29, 1.82) is 0 Å². The van der Waals surface area contributed by atoms with E-state index in [9.17, 15) is 9.59 Å². The van der Waals surface area contributed by atoms with Crippen molar-refractivity contribution in [3.63, 3.8) is 0 Å². The SMILES string of the molecule is CC(C)c1ccc(OCC(=O)NNC(=S)NC(=O)C=Cc2ccco2)c(Br)c1. The number of carbonyl (C=O) groups excluding carboxylic acids is 2. The number of rotatable bonds is 6. The van der Waals surface area contributed by atoms with E-state index in [1.165, 1.54) is 18.4 Å². The molecule has 0 radical (unpaired) electrons. The minimum absolute atomic E-state index is 0.0510. The highest BCUT2D eigenvalue weighted by Crippen LogP contribution is 2.28. The number of ether oxygens (including phenoxy) is 1. The zero-order valence-corrected chi connectivity index (χ0v) is 17.7. The summed E-state index contributed by atoms with van der Waals surface area (Å²) in [7, 11) is 0. The number of halogens is 1. The standard InChI is InChI=1S/C19H20BrN3O4S/c1-12(2)13-5-7-16(15(20)10-13)27-11-18(25)22-23-19(28)21-17(24)8-6-14-4-3-9-26-14/h3-10,12H,11H2,1-2H3,(H,22,25)(H2,21,23,24,28). The summed E-state index contributed by atoms with van der Waals surface area (Å²) in [6.07, 6.45) is 4.25. The molecule has 0 aliphatic carbocycles. The molecule has 7 nitrogen and oxygen atoms in total. The Morgan fingerprint density at radius 3 is 2.71 bits per heavy atom. The molecule has 1 heterocycles. The van der Waals surface area contributed by atoms with Crippen molar-refractivity contribution in [3.8, 4) is 5.75 Å². The molecule has 3 N–H and O–H groups in total. The number of furan rings is 1. The lowest BCUT2D eigenvalue weighted by Gasteiger charge is -2.12. The van der Waals surface area contributed by atoms with E-state index in [0.717, 1.165) is 10.0 Å². The van der Waals surface area contributed by atoms with Gasteiger partial charge in [0.15, 0.2) is 11.7 Å². The van der Waals surface area contributed by atoms with Gasteiger partial charge in [-0.05, 0) is 70.0 Å². The van der Waals surface area contributed by atoms with E-state index < -0.39 is 11.8 Å². The first kappa shape index (κ1) is 21.6. The van der Waals surface area contributed by atoms with Crippen molar-refractivity contribution < 1.29 is 18.7 Å². The van der Waals surface area contributed by atoms with Gasteiger partial charge in [0.05, 0.1) is 10.7 Å². The lowest BCUT2D eigenvalue weighted by Crippen LogP contribution is -2.49. The van der Waals surface area contributed by atoms with Crippen molar-refractivity contribution in [1.82, 2.24) is 16.2 Å². The average Bonchev–Trinajstić information content (AvgIpc) is 3.17. The van der Waals surface area contributed by atoms with Crippen LogP contribution in [0.5, 0.6) is 5.75 Å². The molecule has 28 heavy (non-hydrogen) atoms. The van der Waals surface area contributed by atoms with Crippen LogP contribution in [0.4, 0.5) is 0 Å². The molecular weight excluding hydrogens is 446 g/mol. The summed E-state index contributed by atoms with van der Waals surface area (Å²) in [5.41, 5.74) is 5.94. The maximum Gasteiger partial charge on any atom is 0.276 e. The Balaban J connectivity index is 1.71. The van der Waals surface area contributed by atoms with E-state index in [0.29, 0.717) is 17.4 Å². The molecule has 0 unspecified atom stereocenters. The Kier molecular flexibility index (Phi) is 8.21. The van der Waals surface area contributed by atoms with E-state index >= 15 is 0 Å². The molecule has 1 aromatic carbocycles. The van der Waals surface area contributed by atoms with Gasteiger partial charge in [0.2, 0.25) is 5.91 Å². The molecule has 0 saturated heterocycles. The molecule has 0 fully saturated rings. The highest BCUT2D eigenvalue weighted by Gasteiger charge is 2.09. The van der Waals surface area contributed by atoms with Crippen LogP contribution in [0, 0.1) is 0 Å². The number of amides is 2. The Morgan fingerprint density at radius 2 is 2.07 bits per heavy atom. The quantitative estimate of drug-likeness (QED) is 0.344. The Labute approximate surface area is 176 Å². The predicted molar refractivity (Wildman–Crippen MR) is 113 cm³/mol. The predicted octanol–water partition coefficient (Wildman–Crippen LogP) is 3.28. The van der Waals surface area contributed by atoms with Gasteiger partial charge in [0.1, 0.15) is 11.5 Å². The van der Waals surface area contributed by atoms with Gasteiger partial charge in [0.25, 0.3) is 5.91 Å².